The molecular weight excluding hydrogens is 166 g/mol. The number of hydrogen-bond acceptors (Lipinski definition) is 3. The molecular formula is C10H15NO2. The van der Waals surface area contributed by atoms with Crippen molar-refractivity contribution >= 4 is 5.97 Å². The van der Waals surface area contributed by atoms with Gasteiger partial charge in [-0.1, -0.05) is 12.2 Å². The van der Waals surface area contributed by atoms with Gasteiger partial charge in [0.2, 0.25) is 0 Å². The molecule has 2 bridgehead atoms. The molecule has 0 aliphatic heterocycles. The van der Waals surface area contributed by atoms with Crippen molar-refractivity contribution in [3.05, 3.63) is 12.2 Å². The maximum absolute atomic E-state index is 10.7. The molecule has 0 radical (unpaired) electrons. The molecule has 0 spiro atoms. The summed E-state index contributed by atoms with van der Waals surface area (Å²) in [4.78, 5) is 10.7. The summed E-state index contributed by atoms with van der Waals surface area (Å²) in [5.41, 5.74) is 5.88. The van der Waals surface area contributed by atoms with Gasteiger partial charge >= 0.3 is 5.97 Å². The van der Waals surface area contributed by atoms with E-state index < -0.39 is 0 Å². The highest BCUT2D eigenvalue weighted by Crippen LogP contribution is 2.44. The number of esters is 1. The molecule has 0 aromatic heterocycles. The van der Waals surface area contributed by atoms with Crippen LogP contribution in [0, 0.1) is 11.8 Å². The molecule has 3 unspecified atom stereocenters. The summed E-state index contributed by atoms with van der Waals surface area (Å²) in [5, 5.41) is 0. The van der Waals surface area contributed by atoms with Crippen LogP contribution in [0.1, 0.15) is 19.8 Å². The van der Waals surface area contributed by atoms with Gasteiger partial charge in [-0.3, -0.25) is 4.79 Å². The number of rotatable bonds is 2. The molecule has 3 atom stereocenters. The average molecular weight is 181 g/mol. The van der Waals surface area contributed by atoms with Crippen LogP contribution in [0.4, 0.5) is 0 Å². The second-order valence-corrected chi connectivity index (χ2v) is 4.20. The minimum atomic E-state index is -0.287. The molecule has 2 aliphatic carbocycles. The van der Waals surface area contributed by atoms with Gasteiger partial charge < -0.3 is 10.5 Å². The fourth-order valence-corrected chi connectivity index (χ4v) is 2.39. The maximum atomic E-state index is 10.7. The van der Waals surface area contributed by atoms with Gasteiger partial charge in [0.1, 0.15) is 6.61 Å². The highest BCUT2D eigenvalue weighted by atomic mass is 16.5. The van der Waals surface area contributed by atoms with Gasteiger partial charge in [0.25, 0.3) is 0 Å². The summed E-state index contributed by atoms with van der Waals surface area (Å²) in [6.07, 6.45) is 6.49. The van der Waals surface area contributed by atoms with E-state index in [4.69, 9.17) is 10.5 Å². The Morgan fingerprint density at radius 1 is 1.69 bits per heavy atom. The Hall–Kier alpha value is -0.830. The lowest BCUT2D eigenvalue weighted by Crippen LogP contribution is -2.48. The predicted molar refractivity (Wildman–Crippen MR) is 48.9 cm³/mol. The third-order valence-corrected chi connectivity index (χ3v) is 3.10. The minimum absolute atomic E-state index is 0.239. The third kappa shape index (κ3) is 1.48. The molecule has 0 aromatic rings. The molecule has 2 N–H and O–H groups in total. The normalized spacial score (nSPS) is 41.1. The van der Waals surface area contributed by atoms with Gasteiger partial charge in [0.15, 0.2) is 0 Å². The Labute approximate surface area is 77.9 Å². The second-order valence-electron chi connectivity index (χ2n) is 4.20. The van der Waals surface area contributed by atoms with E-state index in [0.717, 1.165) is 12.8 Å². The molecule has 0 saturated heterocycles. The van der Waals surface area contributed by atoms with Crippen LogP contribution in [0.2, 0.25) is 0 Å². The number of hydrogen-bond donors (Lipinski definition) is 1. The van der Waals surface area contributed by atoms with E-state index >= 15 is 0 Å². The maximum Gasteiger partial charge on any atom is 0.302 e. The summed E-state index contributed by atoms with van der Waals surface area (Å²) < 4.78 is 4.98. The number of carbonyl (C=O) groups is 1. The minimum Gasteiger partial charge on any atom is -0.464 e. The van der Waals surface area contributed by atoms with Gasteiger partial charge in [0, 0.05) is 6.92 Å². The number of fused-ring (bicyclic) bond motifs is 2. The topological polar surface area (TPSA) is 52.3 Å². The Balaban J connectivity index is 1.98. The molecule has 1 saturated carbocycles. The number of carbonyl (C=O) groups excluding carboxylic acids is 1. The zero-order chi connectivity index (χ0) is 9.47. The molecule has 13 heavy (non-hydrogen) atoms. The van der Waals surface area contributed by atoms with Crippen molar-refractivity contribution in [1.82, 2.24) is 0 Å². The van der Waals surface area contributed by atoms with Crippen molar-refractivity contribution in [3.8, 4) is 0 Å². The van der Waals surface area contributed by atoms with Crippen molar-refractivity contribution in [2.45, 2.75) is 25.3 Å². The number of allylic oxidation sites excluding steroid dienone is 1. The highest BCUT2D eigenvalue weighted by molar-refractivity contribution is 5.66. The molecule has 1 fully saturated rings. The molecule has 72 valence electrons. The van der Waals surface area contributed by atoms with Crippen LogP contribution >= 0.6 is 0 Å². The first kappa shape index (κ1) is 8.75. The Kier molecular flexibility index (Phi) is 1.91. The lowest BCUT2D eigenvalue weighted by molar-refractivity contribution is -0.143. The highest BCUT2D eigenvalue weighted by Gasteiger charge is 2.46. The van der Waals surface area contributed by atoms with Crippen LogP contribution in [0.5, 0.6) is 0 Å². The summed E-state index contributed by atoms with van der Waals surface area (Å²) in [6.45, 7) is 1.79. The quantitative estimate of drug-likeness (QED) is 0.507. The van der Waals surface area contributed by atoms with Crippen LogP contribution in [-0.4, -0.2) is 18.1 Å². The van der Waals surface area contributed by atoms with E-state index in [9.17, 15) is 4.79 Å². The predicted octanol–water partition coefficient (Wildman–Crippen LogP) is 0.843. The SMILES string of the molecule is CC(=O)OCC1(N)CC2C=CC1C2. The number of ether oxygens (including phenoxy) is 1. The smallest absolute Gasteiger partial charge is 0.302 e. The van der Waals surface area contributed by atoms with Gasteiger partial charge in [-0.15, -0.1) is 0 Å². The molecule has 2 aliphatic rings. The van der Waals surface area contributed by atoms with Crippen LogP contribution in [0.25, 0.3) is 0 Å². The summed E-state index contributed by atoms with van der Waals surface area (Å²) in [5.74, 6) is 0.791. The molecule has 0 amide bonds. The van der Waals surface area contributed by atoms with Gasteiger partial charge in [-0.25, -0.2) is 0 Å². The lowest BCUT2D eigenvalue weighted by Gasteiger charge is -2.30. The average Bonchev–Trinajstić information content (AvgIpc) is 2.60. The standard InChI is InChI=1S/C10H15NO2/c1-7(12)13-6-10(11)5-8-2-3-9(10)4-8/h2-3,8-9H,4-6,11H2,1H3. The molecule has 0 aromatic carbocycles. The van der Waals surface area contributed by atoms with Crippen LogP contribution in [0.3, 0.4) is 0 Å². The fourth-order valence-electron chi connectivity index (χ4n) is 2.39. The van der Waals surface area contributed by atoms with Crippen molar-refractivity contribution in [2.75, 3.05) is 6.61 Å². The Bertz CT molecular complexity index is 262. The lowest BCUT2D eigenvalue weighted by atomic mass is 9.86. The zero-order valence-corrected chi connectivity index (χ0v) is 7.82. The van der Waals surface area contributed by atoms with Crippen LogP contribution < -0.4 is 5.73 Å². The van der Waals surface area contributed by atoms with Crippen molar-refractivity contribution in [2.24, 2.45) is 17.6 Å². The van der Waals surface area contributed by atoms with E-state index in [1.807, 2.05) is 0 Å². The van der Waals surface area contributed by atoms with Gasteiger partial charge in [-0.2, -0.15) is 0 Å². The number of nitrogens with two attached hydrogens (primary N) is 1. The molecule has 0 heterocycles. The fraction of sp³-hybridized carbons (Fsp3) is 0.700. The van der Waals surface area contributed by atoms with E-state index in [1.165, 1.54) is 6.92 Å². The summed E-state index contributed by atoms with van der Waals surface area (Å²) in [6, 6.07) is 0. The second kappa shape index (κ2) is 2.84. The van der Waals surface area contributed by atoms with Crippen LogP contribution in [0.15, 0.2) is 12.2 Å². The van der Waals surface area contributed by atoms with Gasteiger partial charge in [0.05, 0.1) is 5.54 Å². The summed E-state index contributed by atoms with van der Waals surface area (Å²) >= 11 is 0. The molecule has 3 heteroatoms. The zero-order valence-electron chi connectivity index (χ0n) is 7.82. The first-order valence-corrected chi connectivity index (χ1v) is 4.71. The molecule has 3 nitrogen and oxygen atoms in total. The van der Waals surface area contributed by atoms with E-state index in [1.54, 1.807) is 0 Å². The van der Waals surface area contributed by atoms with Crippen LogP contribution in [-0.2, 0) is 9.53 Å². The largest absolute Gasteiger partial charge is 0.464 e. The van der Waals surface area contributed by atoms with Crippen molar-refractivity contribution < 1.29 is 9.53 Å². The summed E-state index contributed by atoms with van der Waals surface area (Å²) in [7, 11) is 0. The first-order chi connectivity index (χ1) is 6.10. The van der Waals surface area contributed by atoms with Gasteiger partial charge in [-0.05, 0) is 24.7 Å². The van der Waals surface area contributed by atoms with E-state index in [2.05, 4.69) is 12.2 Å². The van der Waals surface area contributed by atoms with E-state index in [0.29, 0.717) is 18.4 Å². The monoisotopic (exact) mass is 181 g/mol. The molecule has 2 rings (SSSR count). The Morgan fingerprint density at radius 2 is 2.46 bits per heavy atom. The van der Waals surface area contributed by atoms with E-state index in [-0.39, 0.29) is 11.5 Å². The third-order valence-electron chi connectivity index (χ3n) is 3.10. The van der Waals surface area contributed by atoms with Crippen molar-refractivity contribution in [3.63, 3.8) is 0 Å². The Morgan fingerprint density at radius 3 is 2.92 bits per heavy atom. The first-order valence-electron chi connectivity index (χ1n) is 4.71. The van der Waals surface area contributed by atoms with Crippen molar-refractivity contribution in [1.29, 1.82) is 0 Å².